The Hall–Kier alpha value is -1.96. The number of hydrogen-bond donors (Lipinski definition) is 0. The minimum Gasteiger partial charge on any atom is -0.398 e. The van der Waals surface area contributed by atoms with E-state index >= 15 is 0 Å². The van der Waals surface area contributed by atoms with Crippen molar-refractivity contribution in [3.05, 3.63) is 24.3 Å². The first kappa shape index (κ1) is 8.14. The topological polar surface area (TPSA) is 71.2 Å². The van der Waals surface area contributed by atoms with E-state index in [9.17, 15) is 0 Å². The van der Waals surface area contributed by atoms with Crippen molar-refractivity contribution in [1.29, 1.82) is 5.26 Å². The van der Waals surface area contributed by atoms with Gasteiger partial charge in [0.05, 0.1) is 6.20 Å². The zero-order chi connectivity index (χ0) is 8.81. The molecule has 0 unspecified atom stereocenters. The number of nitrogens with zero attached hydrogens (tertiary/aromatic N) is 4. The van der Waals surface area contributed by atoms with Crippen molar-refractivity contribution >= 4 is 5.71 Å². The first-order valence-electron chi connectivity index (χ1n) is 3.16. The van der Waals surface area contributed by atoms with Crippen LogP contribution in [0.4, 0.5) is 0 Å². The minimum absolute atomic E-state index is 0.116. The van der Waals surface area contributed by atoms with Gasteiger partial charge in [-0.05, 0) is 0 Å². The van der Waals surface area contributed by atoms with Crippen LogP contribution in [0.2, 0.25) is 0 Å². The smallest absolute Gasteiger partial charge is 0.206 e. The van der Waals surface area contributed by atoms with E-state index in [4.69, 9.17) is 5.26 Å². The van der Waals surface area contributed by atoms with E-state index in [2.05, 4.69) is 20.0 Å². The normalized spacial score (nSPS) is 10.5. The zero-order valence-corrected chi connectivity index (χ0v) is 6.43. The summed E-state index contributed by atoms with van der Waals surface area (Å²) in [5.74, 6) is 0. The monoisotopic (exact) mass is 162 g/mol. The van der Waals surface area contributed by atoms with Crippen molar-refractivity contribution in [3.63, 3.8) is 0 Å². The van der Waals surface area contributed by atoms with Crippen LogP contribution >= 0.6 is 0 Å². The molecule has 1 heterocycles. The van der Waals surface area contributed by atoms with Crippen LogP contribution in [-0.2, 0) is 4.84 Å². The van der Waals surface area contributed by atoms with E-state index < -0.39 is 0 Å². The molecule has 1 aromatic rings. The van der Waals surface area contributed by atoms with Gasteiger partial charge in [-0.15, -0.1) is 0 Å². The Morgan fingerprint density at radius 1 is 1.67 bits per heavy atom. The standard InChI is InChI=1S/C7H6N4O/c1-12-11-6(4-8)7-5-9-2-3-10-7/h2-3,5H,1H3. The van der Waals surface area contributed by atoms with Gasteiger partial charge in [0.15, 0.2) is 0 Å². The number of hydrogen-bond acceptors (Lipinski definition) is 5. The van der Waals surface area contributed by atoms with E-state index in [-0.39, 0.29) is 5.71 Å². The maximum absolute atomic E-state index is 8.58. The fraction of sp³-hybridized carbons (Fsp3) is 0.143. The largest absolute Gasteiger partial charge is 0.398 e. The first-order valence-corrected chi connectivity index (χ1v) is 3.16. The molecule has 0 aliphatic heterocycles. The third-order valence-electron chi connectivity index (χ3n) is 1.09. The summed E-state index contributed by atoms with van der Waals surface area (Å²) in [6.07, 6.45) is 4.45. The van der Waals surface area contributed by atoms with E-state index in [1.807, 2.05) is 6.07 Å². The molecule has 0 spiro atoms. The summed E-state index contributed by atoms with van der Waals surface area (Å²) in [5.41, 5.74) is 0.521. The first-order chi connectivity index (χ1) is 5.88. The summed E-state index contributed by atoms with van der Waals surface area (Å²) in [5, 5.41) is 12.0. The number of nitriles is 1. The lowest BCUT2D eigenvalue weighted by Crippen LogP contribution is -2.01. The molecular weight excluding hydrogens is 156 g/mol. The summed E-state index contributed by atoms with van der Waals surface area (Å²) in [6, 6.07) is 1.84. The van der Waals surface area contributed by atoms with Crippen LogP contribution in [-0.4, -0.2) is 22.8 Å². The molecule has 0 aliphatic rings. The molecule has 12 heavy (non-hydrogen) atoms. The summed E-state index contributed by atoms with van der Waals surface area (Å²) < 4.78 is 0. The molecule has 0 radical (unpaired) electrons. The number of aromatic nitrogens is 2. The van der Waals surface area contributed by atoms with Crippen LogP contribution in [0.5, 0.6) is 0 Å². The van der Waals surface area contributed by atoms with E-state index in [1.54, 1.807) is 0 Å². The van der Waals surface area contributed by atoms with Gasteiger partial charge in [0.2, 0.25) is 5.71 Å². The Balaban J connectivity index is 2.98. The number of rotatable bonds is 2. The second kappa shape index (κ2) is 4.03. The average Bonchev–Trinajstić information content (AvgIpc) is 2.15. The third-order valence-corrected chi connectivity index (χ3v) is 1.09. The Kier molecular flexibility index (Phi) is 2.73. The van der Waals surface area contributed by atoms with Crippen molar-refractivity contribution in [3.8, 4) is 6.07 Å². The maximum Gasteiger partial charge on any atom is 0.206 e. The van der Waals surface area contributed by atoms with Gasteiger partial charge in [-0.2, -0.15) is 5.26 Å². The van der Waals surface area contributed by atoms with Gasteiger partial charge in [-0.25, -0.2) is 0 Å². The molecular formula is C7H6N4O. The SMILES string of the molecule is CON=C(C#N)c1cnccn1. The van der Waals surface area contributed by atoms with Crippen LogP contribution in [0, 0.1) is 11.3 Å². The lowest BCUT2D eigenvalue weighted by Gasteiger charge is -1.93. The lowest BCUT2D eigenvalue weighted by molar-refractivity contribution is 0.214. The van der Waals surface area contributed by atoms with Crippen LogP contribution in [0.3, 0.4) is 0 Å². The van der Waals surface area contributed by atoms with Gasteiger partial charge >= 0.3 is 0 Å². The molecule has 0 atom stereocenters. The highest BCUT2D eigenvalue weighted by Gasteiger charge is 2.02. The summed E-state index contributed by atoms with van der Waals surface area (Å²) >= 11 is 0. The van der Waals surface area contributed by atoms with Crippen molar-refractivity contribution in [2.24, 2.45) is 5.16 Å². The van der Waals surface area contributed by atoms with Crippen molar-refractivity contribution in [1.82, 2.24) is 9.97 Å². The molecule has 0 aromatic carbocycles. The van der Waals surface area contributed by atoms with Gasteiger partial charge in [0.25, 0.3) is 0 Å². The maximum atomic E-state index is 8.58. The van der Waals surface area contributed by atoms with E-state index in [1.165, 1.54) is 25.7 Å². The molecule has 1 aromatic heterocycles. The van der Waals surface area contributed by atoms with Crippen LogP contribution in [0.1, 0.15) is 5.69 Å². The second-order valence-electron chi connectivity index (χ2n) is 1.82. The highest BCUT2D eigenvalue weighted by molar-refractivity contribution is 6.09. The van der Waals surface area contributed by atoms with Crippen molar-refractivity contribution in [2.45, 2.75) is 0 Å². The van der Waals surface area contributed by atoms with Gasteiger partial charge in [-0.3, -0.25) is 9.97 Å². The molecule has 5 heteroatoms. The van der Waals surface area contributed by atoms with Crippen LogP contribution in [0.15, 0.2) is 23.7 Å². The molecule has 5 nitrogen and oxygen atoms in total. The molecule has 0 fully saturated rings. The fourth-order valence-electron chi connectivity index (χ4n) is 0.637. The van der Waals surface area contributed by atoms with Crippen molar-refractivity contribution in [2.75, 3.05) is 7.11 Å². The summed E-state index contributed by atoms with van der Waals surface area (Å²) in [4.78, 5) is 12.1. The predicted molar refractivity (Wildman–Crippen MR) is 41.2 cm³/mol. The van der Waals surface area contributed by atoms with Gasteiger partial charge in [0.1, 0.15) is 18.9 Å². The molecule has 0 saturated carbocycles. The molecule has 0 saturated heterocycles. The molecule has 1 rings (SSSR count). The Morgan fingerprint density at radius 3 is 3.00 bits per heavy atom. The quantitative estimate of drug-likeness (QED) is 0.464. The fourth-order valence-corrected chi connectivity index (χ4v) is 0.637. The van der Waals surface area contributed by atoms with Crippen molar-refractivity contribution < 1.29 is 4.84 Å². The second-order valence-corrected chi connectivity index (χ2v) is 1.82. The van der Waals surface area contributed by atoms with Crippen LogP contribution < -0.4 is 0 Å². The van der Waals surface area contributed by atoms with E-state index in [0.717, 1.165) is 0 Å². The van der Waals surface area contributed by atoms with Crippen LogP contribution in [0.25, 0.3) is 0 Å². The van der Waals surface area contributed by atoms with Gasteiger partial charge < -0.3 is 4.84 Å². The highest BCUT2D eigenvalue weighted by atomic mass is 16.6. The molecule has 0 N–H and O–H groups in total. The lowest BCUT2D eigenvalue weighted by atomic mass is 10.3. The van der Waals surface area contributed by atoms with Gasteiger partial charge in [0, 0.05) is 12.4 Å². The summed E-state index contributed by atoms with van der Waals surface area (Å²) in [7, 11) is 1.37. The minimum atomic E-state index is 0.116. The molecule has 0 amide bonds. The Morgan fingerprint density at radius 2 is 2.50 bits per heavy atom. The number of oxime groups is 1. The highest BCUT2D eigenvalue weighted by Crippen LogP contribution is 1.93. The van der Waals surface area contributed by atoms with E-state index in [0.29, 0.717) is 5.69 Å². The predicted octanol–water partition coefficient (Wildman–Crippen LogP) is 0.351. The Bertz CT molecular complexity index is 314. The Labute approximate surface area is 69.3 Å². The third kappa shape index (κ3) is 1.76. The molecule has 0 aliphatic carbocycles. The zero-order valence-electron chi connectivity index (χ0n) is 6.43. The molecule has 60 valence electrons. The van der Waals surface area contributed by atoms with Gasteiger partial charge in [-0.1, -0.05) is 5.16 Å². The summed E-state index contributed by atoms with van der Waals surface area (Å²) in [6.45, 7) is 0. The molecule has 0 bridgehead atoms. The average molecular weight is 162 g/mol.